The summed E-state index contributed by atoms with van der Waals surface area (Å²) in [5.41, 5.74) is 0. The van der Waals surface area contributed by atoms with E-state index in [-0.39, 0.29) is 11.7 Å². The van der Waals surface area contributed by atoms with Crippen molar-refractivity contribution >= 4 is 27.7 Å². The van der Waals surface area contributed by atoms with Gasteiger partial charge in [0.15, 0.2) is 0 Å². The van der Waals surface area contributed by atoms with Crippen LogP contribution in [0.3, 0.4) is 0 Å². The lowest BCUT2D eigenvalue weighted by atomic mass is 10.0. The molecule has 1 atom stereocenters. The average Bonchev–Trinajstić information content (AvgIpc) is 2.82. The largest absolute Gasteiger partial charge is 0.492 e. The first-order chi connectivity index (χ1) is 8.08. The van der Waals surface area contributed by atoms with Gasteiger partial charge in [-0.05, 0) is 29.2 Å². The molecule has 0 spiro atoms. The molecule has 1 aromatic rings. The summed E-state index contributed by atoms with van der Waals surface area (Å²) in [6.07, 6.45) is 3.18. The van der Waals surface area contributed by atoms with Crippen LogP contribution in [0.1, 0.15) is 25.7 Å². The van der Waals surface area contributed by atoms with Crippen LogP contribution in [-0.4, -0.2) is 25.5 Å². The summed E-state index contributed by atoms with van der Waals surface area (Å²) in [7, 11) is 0. The van der Waals surface area contributed by atoms with Crippen molar-refractivity contribution in [1.82, 2.24) is 14.8 Å². The fourth-order valence-corrected chi connectivity index (χ4v) is 2.42. The molecule has 17 heavy (non-hydrogen) atoms. The highest BCUT2D eigenvalue weighted by atomic mass is 79.9. The van der Waals surface area contributed by atoms with Crippen LogP contribution in [0.4, 0.5) is 5.95 Å². The molecule has 1 aromatic heterocycles. The Bertz CT molecular complexity index is 459. The molecule has 0 saturated heterocycles. The summed E-state index contributed by atoms with van der Waals surface area (Å²) >= 11 is 3.11. The molecule has 2 rings (SSSR count). The van der Waals surface area contributed by atoms with E-state index in [9.17, 15) is 14.9 Å². The molecule has 0 N–H and O–H groups in total. The number of aryl methyl sites for hydroxylation is 1. The van der Waals surface area contributed by atoms with Gasteiger partial charge in [-0.15, -0.1) is 0 Å². The fraction of sp³-hybridized carbons (Fsp3) is 0.667. The number of hydrogen-bond acceptors (Lipinski definition) is 5. The number of carbonyl (C=O) groups is 1. The smallest absolute Gasteiger partial charge is 0.390 e. The van der Waals surface area contributed by atoms with Crippen molar-refractivity contribution in [2.24, 2.45) is 5.92 Å². The third-order valence-electron chi connectivity index (χ3n) is 2.90. The molecule has 0 aromatic carbocycles. The molecule has 92 valence electrons. The molecule has 1 aliphatic carbocycles. The van der Waals surface area contributed by atoms with Crippen LogP contribution < -0.4 is 0 Å². The topological polar surface area (TPSA) is 90.9 Å². The van der Waals surface area contributed by atoms with Crippen LogP contribution in [0.5, 0.6) is 0 Å². The van der Waals surface area contributed by atoms with Crippen LogP contribution >= 0.6 is 15.9 Å². The standard InChI is InChI=1S/C9H11BrN4O3/c10-8-11-9(14(16)17)12-13(8)5-4-6-2-1-3-7(6)15/h6H,1-5H2. The number of rotatable bonds is 4. The first kappa shape index (κ1) is 12.2. The average molecular weight is 303 g/mol. The summed E-state index contributed by atoms with van der Waals surface area (Å²) in [6.45, 7) is 0.470. The molecule has 0 aliphatic heterocycles. The Morgan fingerprint density at radius 1 is 1.59 bits per heavy atom. The first-order valence-corrected chi connectivity index (χ1v) is 6.14. The van der Waals surface area contributed by atoms with Crippen molar-refractivity contribution in [1.29, 1.82) is 0 Å². The summed E-state index contributed by atoms with van der Waals surface area (Å²) in [5.74, 6) is -0.0597. The molecule has 7 nitrogen and oxygen atoms in total. The van der Waals surface area contributed by atoms with Gasteiger partial charge in [-0.1, -0.05) is 0 Å². The monoisotopic (exact) mass is 302 g/mol. The first-order valence-electron chi connectivity index (χ1n) is 5.35. The summed E-state index contributed by atoms with van der Waals surface area (Å²) < 4.78 is 1.75. The molecule has 1 fully saturated rings. The summed E-state index contributed by atoms with van der Waals surface area (Å²) in [4.78, 5) is 24.9. The highest BCUT2D eigenvalue weighted by Gasteiger charge is 2.26. The lowest BCUT2D eigenvalue weighted by Gasteiger charge is -2.05. The van der Waals surface area contributed by atoms with Crippen LogP contribution in [0, 0.1) is 16.0 Å². The zero-order valence-electron chi connectivity index (χ0n) is 9.00. The van der Waals surface area contributed by atoms with Crippen molar-refractivity contribution in [3.63, 3.8) is 0 Å². The zero-order valence-corrected chi connectivity index (χ0v) is 10.6. The lowest BCUT2D eigenvalue weighted by Crippen LogP contribution is -2.11. The van der Waals surface area contributed by atoms with Crippen LogP contribution in [0.2, 0.25) is 0 Å². The maximum absolute atomic E-state index is 11.4. The number of nitrogens with zero attached hydrogens (tertiary/aromatic N) is 4. The van der Waals surface area contributed by atoms with E-state index >= 15 is 0 Å². The highest BCUT2D eigenvalue weighted by molar-refractivity contribution is 9.10. The Balaban J connectivity index is 1.99. The Labute approximate surface area is 105 Å². The van der Waals surface area contributed by atoms with Gasteiger partial charge < -0.3 is 10.1 Å². The summed E-state index contributed by atoms with van der Waals surface area (Å²) in [5, 5.41) is 14.2. The van der Waals surface area contributed by atoms with Crippen molar-refractivity contribution in [3.8, 4) is 0 Å². The van der Waals surface area contributed by atoms with E-state index in [4.69, 9.17) is 0 Å². The maximum Gasteiger partial charge on any atom is 0.492 e. The number of ketones is 1. The minimum atomic E-state index is -0.637. The molecule has 0 bridgehead atoms. The second-order valence-corrected chi connectivity index (χ2v) is 4.71. The Morgan fingerprint density at radius 3 is 2.88 bits per heavy atom. The predicted octanol–water partition coefficient (Wildman–Crippen LogP) is 1.71. The molecule has 1 unspecified atom stereocenters. The third-order valence-corrected chi connectivity index (χ3v) is 3.49. The predicted molar refractivity (Wildman–Crippen MR) is 61.3 cm³/mol. The number of halogens is 1. The molecule has 0 radical (unpaired) electrons. The van der Waals surface area contributed by atoms with Gasteiger partial charge in [0.05, 0.1) is 6.54 Å². The highest BCUT2D eigenvalue weighted by Crippen LogP contribution is 2.25. The van der Waals surface area contributed by atoms with Crippen LogP contribution in [0.15, 0.2) is 4.73 Å². The van der Waals surface area contributed by atoms with E-state index in [0.717, 1.165) is 12.8 Å². The van der Waals surface area contributed by atoms with Crippen LogP contribution in [-0.2, 0) is 11.3 Å². The lowest BCUT2D eigenvalue weighted by molar-refractivity contribution is -0.394. The van der Waals surface area contributed by atoms with E-state index in [1.165, 1.54) is 4.68 Å². The minimum Gasteiger partial charge on any atom is -0.390 e. The van der Waals surface area contributed by atoms with Gasteiger partial charge in [-0.2, -0.15) is 4.68 Å². The third kappa shape index (κ3) is 2.68. The van der Waals surface area contributed by atoms with Gasteiger partial charge in [0.2, 0.25) is 0 Å². The normalized spacial score (nSPS) is 19.8. The maximum atomic E-state index is 11.4. The number of carbonyl (C=O) groups excluding carboxylic acids is 1. The molecular formula is C9H11BrN4O3. The molecule has 1 saturated carbocycles. The quantitative estimate of drug-likeness (QED) is 0.623. The van der Waals surface area contributed by atoms with Crippen molar-refractivity contribution in [2.45, 2.75) is 32.2 Å². The number of aromatic nitrogens is 3. The molecular weight excluding hydrogens is 292 g/mol. The van der Waals surface area contributed by atoms with E-state index in [1.54, 1.807) is 0 Å². The number of Topliss-reactive ketones (excluding diaryl/α,β-unsaturated/α-hetero) is 1. The van der Waals surface area contributed by atoms with Gasteiger partial charge in [0.1, 0.15) is 5.78 Å². The van der Waals surface area contributed by atoms with Gasteiger partial charge >= 0.3 is 5.95 Å². The van der Waals surface area contributed by atoms with E-state index < -0.39 is 10.9 Å². The fourth-order valence-electron chi connectivity index (χ4n) is 2.00. The number of nitro groups is 1. The zero-order chi connectivity index (χ0) is 12.4. The van der Waals surface area contributed by atoms with Crippen molar-refractivity contribution < 1.29 is 9.72 Å². The SMILES string of the molecule is O=C1CCCC1CCn1nc([N+](=O)[O-])nc1Br. The molecule has 0 amide bonds. The minimum absolute atomic E-state index is 0.0742. The van der Waals surface area contributed by atoms with E-state index in [2.05, 4.69) is 26.0 Å². The van der Waals surface area contributed by atoms with Crippen molar-refractivity contribution in [2.75, 3.05) is 0 Å². The number of hydrogen-bond donors (Lipinski definition) is 0. The van der Waals surface area contributed by atoms with Crippen molar-refractivity contribution in [3.05, 3.63) is 14.8 Å². The van der Waals surface area contributed by atoms with Gasteiger partial charge in [0.25, 0.3) is 4.73 Å². The second kappa shape index (κ2) is 4.91. The Hall–Kier alpha value is -1.31. The van der Waals surface area contributed by atoms with Crippen LogP contribution in [0.25, 0.3) is 0 Å². The van der Waals surface area contributed by atoms with Gasteiger partial charge in [-0.25, -0.2) is 0 Å². The second-order valence-electron chi connectivity index (χ2n) is 4.01. The molecule has 8 heteroatoms. The van der Waals surface area contributed by atoms with E-state index in [0.29, 0.717) is 24.1 Å². The molecule has 1 aliphatic rings. The molecule has 1 heterocycles. The summed E-state index contributed by atoms with van der Waals surface area (Å²) in [6, 6.07) is 0. The van der Waals surface area contributed by atoms with E-state index in [1.807, 2.05) is 0 Å². The Kier molecular flexibility index (Phi) is 3.51. The Morgan fingerprint density at radius 2 is 2.35 bits per heavy atom. The van der Waals surface area contributed by atoms with Gasteiger partial charge in [0, 0.05) is 33.4 Å². The van der Waals surface area contributed by atoms with Gasteiger partial charge in [-0.3, -0.25) is 4.79 Å².